The Morgan fingerprint density at radius 3 is 2.22 bits per heavy atom. The minimum atomic E-state index is -0.526. The molecule has 1 aliphatic carbocycles. The van der Waals surface area contributed by atoms with Crippen molar-refractivity contribution in [1.82, 2.24) is 0 Å². The molecular formula is C6H11FS2. The second-order valence-corrected chi connectivity index (χ2v) is 3.99. The summed E-state index contributed by atoms with van der Waals surface area (Å²) in [4.78, 5) is 0. The van der Waals surface area contributed by atoms with Crippen LogP contribution in [0.25, 0.3) is 0 Å². The highest BCUT2D eigenvalue weighted by Crippen LogP contribution is 2.31. The van der Waals surface area contributed by atoms with Gasteiger partial charge in [-0.25, -0.2) is 4.39 Å². The lowest BCUT2D eigenvalue weighted by molar-refractivity contribution is 0.255. The SMILES string of the molecule is FC1CCC(SS)CC1. The van der Waals surface area contributed by atoms with Crippen LogP contribution in [-0.4, -0.2) is 11.4 Å². The van der Waals surface area contributed by atoms with E-state index in [4.69, 9.17) is 0 Å². The molecule has 0 bridgehead atoms. The lowest BCUT2D eigenvalue weighted by Gasteiger charge is -2.21. The van der Waals surface area contributed by atoms with Crippen LogP contribution < -0.4 is 0 Å². The van der Waals surface area contributed by atoms with Crippen LogP contribution in [0.2, 0.25) is 0 Å². The number of rotatable bonds is 1. The van der Waals surface area contributed by atoms with Gasteiger partial charge in [-0.2, -0.15) is 0 Å². The van der Waals surface area contributed by atoms with Gasteiger partial charge >= 0.3 is 0 Å². The molecule has 0 saturated heterocycles. The summed E-state index contributed by atoms with van der Waals surface area (Å²) in [5.41, 5.74) is 0. The molecule has 1 fully saturated rings. The van der Waals surface area contributed by atoms with E-state index in [1.807, 2.05) is 0 Å². The third-order valence-corrected chi connectivity index (χ3v) is 3.42. The van der Waals surface area contributed by atoms with Gasteiger partial charge in [0, 0.05) is 5.25 Å². The van der Waals surface area contributed by atoms with Crippen molar-refractivity contribution < 1.29 is 4.39 Å². The van der Waals surface area contributed by atoms with Crippen LogP contribution in [0.5, 0.6) is 0 Å². The Kier molecular flexibility index (Phi) is 3.19. The first-order chi connectivity index (χ1) is 4.33. The second kappa shape index (κ2) is 3.71. The standard InChI is InChI=1S/C6H11FS2/c7-5-1-3-6(9-8)4-2-5/h5-6,8H,1-4H2. The summed E-state index contributed by atoms with van der Waals surface area (Å²) in [6.07, 6.45) is 2.99. The molecule has 1 aliphatic rings. The molecule has 0 aromatic rings. The summed E-state index contributed by atoms with van der Waals surface area (Å²) in [6.45, 7) is 0. The van der Waals surface area contributed by atoms with Crippen LogP contribution in [0.3, 0.4) is 0 Å². The van der Waals surface area contributed by atoms with E-state index >= 15 is 0 Å². The van der Waals surface area contributed by atoms with E-state index in [9.17, 15) is 4.39 Å². The molecule has 0 radical (unpaired) electrons. The zero-order valence-corrected chi connectivity index (χ0v) is 6.93. The molecule has 3 heteroatoms. The minimum absolute atomic E-state index is 0.526. The fourth-order valence-electron chi connectivity index (χ4n) is 1.13. The highest BCUT2D eigenvalue weighted by molar-refractivity contribution is 8.68. The van der Waals surface area contributed by atoms with Crippen molar-refractivity contribution in [1.29, 1.82) is 0 Å². The molecule has 0 aromatic heterocycles. The normalized spacial score (nSPS) is 36.7. The summed E-state index contributed by atoms with van der Waals surface area (Å²) in [5, 5.41) is 0.611. The van der Waals surface area contributed by atoms with Gasteiger partial charge in [0.1, 0.15) is 6.17 Å². The van der Waals surface area contributed by atoms with Gasteiger partial charge in [-0.05, 0) is 25.7 Å². The van der Waals surface area contributed by atoms with Crippen molar-refractivity contribution in [3.05, 3.63) is 0 Å². The Labute approximate surface area is 64.4 Å². The first kappa shape index (κ1) is 7.73. The molecule has 0 aliphatic heterocycles. The third kappa shape index (κ3) is 2.38. The molecule has 0 atom stereocenters. The minimum Gasteiger partial charge on any atom is -0.247 e. The lowest BCUT2D eigenvalue weighted by Crippen LogP contribution is -2.15. The molecule has 0 spiro atoms. The fourth-order valence-corrected chi connectivity index (χ4v) is 2.24. The van der Waals surface area contributed by atoms with Gasteiger partial charge in [0.2, 0.25) is 0 Å². The number of alkyl halides is 1. The van der Waals surface area contributed by atoms with E-state index in [1.165, 1.54) is 0 Å². The van der Waals surface area contributed by atoms with Crippen LogP contribution in [0.1, 0.15) is 25.7 Å². The Morgan fingerprint density at radius 2 is 1.78 bits per heavy atom. The van der Waals surface area contributed by atoms with Crippen molar-refractivity contribution in [3.8, 4) is 0 Å². The monoisotopic (exact) mass is 166 g/mol. The van der Waals surface area contributed by atoms with Crippen LogP contribution in [0, 0.1) is 0 Å². The maximum absolute atomic E-state index is 12.5. The van der Waals surface area contributed by atoms with Crippen molar-refractivity contribution >= 4 is 22.5 Å². The predicted molar refractivity (Wildman–Crippen MR) is 43.7 cm³/mol. The Bertz CT molecular complexity index is 79.1. The van der Waals surface area contributed by atoms with E-state index in [2.05, 4.69) is 11.7 Å². The van der Waals surface area contributed by atoms with Crippen molar-refractivity contribution in [2.45, 2.75) is 37.1 Å². The quantitative estimate of drug-likeness (QED) is 0.461. The summed E-state index contributed by atoms with van der Waals surface area (Å²) in [7, 11) is 1.58. The van der Waals surface area contributed by atoms with Crippen molar-refractivity contribution in [2.24, 2.45) is 0 Å². The lowest BCUT2D eigenvalue weighted by atomic mass is 9.99. The maximum Gasteiger partial charge on any atom is 0.100 e. The Morgan fingerprint density at radius 1 is 1.22 bits per heavy atom. The topological polar surface area (TPSA) is 0 Å². The van der Waals surface area contributed by atoms with Crippen LogP contribution in [0.15, 0.2) is 0 Å². The summed E-state index contributed by atoms with van der Waals surface area (Å²) in [5.74, 6) is 0. The number of thiol groups is 1. The third-order valence-electron chi connectivity index (χ3n) is 1.75. The van der Waals surface area contributed by atoms with Crippen LogP contribution in [0.4, 0.5) is 4.39 Å². The summed E-state index contributed by atoms with van der Waals surface area (Å²) < 4.78 is 12.5. The van der Waals surface area contributed by atoms with E-state index in [0.29, 0.717) is 5.25 Å². The molecule has 0 heterocycles. The predicted octanol–water partition coefficient (Wildman–Crippen LogP) is 2.85. The van der Waals surface area contributed by atoms with E-state index < -0.39 is 6.17 Å². The number of hydrogen-bond donors (Lipinski definition) is 1. The van der Waals surface area contributed by atoms with Gasteiger partial charge < -0.3 is 0 Å². The second-order valence-electron chi connectivity index (χ2n) is 2.48. The molecule has 1 saturated carbocycles. The Hall–Kier alpha value is 0.630. The van der Waals surface area contributed by atoms with Gasteiger partial charge in [-0.3, -0.25) is 0 Å². The highest BCUT2D eigenvalue weighted by atomic mass is 33.1. The first-order valence-electron chi connectivity index (χ1n) is 3.27. The van der Waals surface area contributed by atoms with Gasteiger partial charge in [0.05, 0.1) is 0 Å². The largest absolute Gasteiger partial charge is 0.247 e. The molecule has 0 unspecified atom stereocenters. The Balaban J connectivity index is 2.18. The summed E-state index contributed by atoms with van der Waals surface area (Å²) >= 11 is 4.09. The first-order valence-corrected chi connectivity index (χ1v) is 5.20. The zero-order valence-electron chi connectivity index (χ0n) is 5.22. The van der Waals surface area contributed by atoms with Gasteiger partial charge in [-0.15, -0.1) is 11.7 Å². The molecule has 9 heavy (non-hydrogen) atoms. The molecular weight excluding hydrogens is 155 g/mol. The van der Waals surface area contributed by atoms with Crippen molar-refractivity contribution in [2.75, 3.05) is 0 Å². The zero-order chi connectivity index (χ0) is 6.69. The molecule has 0 N–H and O–H groups in total. The van der Waals surface area contributed by atoms with E-state index in [0.717, 1.165) is 25.7 Å². The van der Waals surface area contributed by atoms with Gasteiger partial charge in [0.25, 0.3) is 0 Å². The maximum atomic E-state index is 12.5. The van der Waals surface area contributed by atoms with Crippen LogP contribution >= 0.6 is 22.5 Å². The summed E-state index contributed by atoms with van der Waals surface area (Å²) in [6, 6.07) is 0. The van der Waals surface area contributed by atoms with Gasteiger partial charge in [0.15, 0.2) is 0 Å². The average molecular weight is 166 g/mol. The average Bonchev–Trinajstić information content (AvgIpc) is 1.90. The van der Waals surface area contributed by atoms with E-state index in [1.54, 1.807) is 10.8 Å². The fraction of sp³-hybridized carbons (Fsp3) is 1.00. The molecule has 54 valence electrons. The molecule has 0 amide bonds. The molecule has 0 aromatic carbocycles. The molecule has 0 nitrogen and oxygen atoms in total. The van der Waals surface area contributed by atoms with E-state index in [-0.39, 0.29) is 0 Å². The van der Waals surface area contributed by atoms with Gasteiger partial charge in [-0.1, -0.05) is 10.8 Å². The smallest absolute Gasteiger partial charge is 0.100 e. The molecule has 1 rings (SSSR count). The number of halogens is 1. The van der Waals surface area contributed by atoms with Crippen molar-refractivity contribution in [3.63, 3.8) is 0 Å². The van der Waals surface area contributed by atoms with Crippen LogP contribution in [-0.2, 0) is 0 Å². The highest BCUT2D eigenvalue weighted by Gasteiger charge is 2.19. The number of hydrogen-bond acceptors (Lipinski definition) is 2.